The molecular weight excluding hydrogens is 251 g/mol. The molecular formula is C13H29O4P. The van der Waals surface area contributed by atoms with Gasteiger partial charge in [0.25, 0.3) is 0 Å². The van der Waals surface area contributed by atoms with E-state index in [4.69, 9.17) is 14.3 Å². The van der Waals surface area contributed by atoms with Crippen LogP contribution in [-0.2, 0) is 9.09 Å². The van der Waals surface area contributed by atoms with Crippen LogP contribution in [0.25, 0.3) is 0 Å². The van der Waals surface area contributed by atoms with Gasteiger partial charge in [0.1, 0.15) is 0 Å². The quantitative estimate of drug-likeness (QED) is 0.410. The highest BCUT2D eigenvalue weighted by atomic mass is 31.2. The van der Waals surface area contributed by atoms with E-state index in [-0.39, 0.29) is 6.10 Å². The van der Waals surface area contributed by atoms with Crippen LogP contribution < -0.4 is 0 Å². The van der Waals surface area contributed by atoms with Gasteiger partial charge in [0.2, 0.25) is 0 Å². The highest BCUT2D eigenvalue weighted by Crippen LogP contribution is 2.39. The molecule has 0 aromatic carbocycles. The first-order chi connectivity index (χ1) is 8.49. The smallest absolute Gasteiger partial charge is 0.303 e. The highest BCUT2D eigenvalue weighted by molar-refractivity contribution is 7.46. The van der Waals surface area contributed by atoms with Gasteiger partial charge in [-0.2, -0.15) is 0 Å². The lowest BCUT2D eigenvalue weighted by Crippen LogP contribution is -2.11. The van der Waals surface area contributed by atoms with E-state index < -0.39 is 7.82 Å². The van der Waals surface area contributed by atoms with E-state index in [0.29, 0.717) is 0 Å². The van der Waals surface area contributed by atoms with Crippen LogP contribution in [0.2, 0.25) is 0 Å². The van der Waals surface area contributed by atoms with Crippen molar-refractivity contribution in [3.05, 3.63) is 0 Å². The van der Waals surface area contributed by atoms with Crippen molar-refractivity contribution in [2.24, 2.45) is 0 Å². The average Bonchev–Trinajstić information content (AvgIpc) is 2.28. The van der Waals surface area contributed by atoms with E-state index in [9.17, 15) is 4.57 Å². The topological polar surface area (TPSA) is 66.8 Å². The molecule has 0 bridgehead atoms. The van der Waals surface area contributed by atoms with Gasteiger partial charge in [-0.15, -0.1) is 0 Å². The molecule has 0 radical (unpaired) electrons. The number of rotatable bonds is 12. The van der Waals surface area contributed by atoms with E-state index in [1.807, 2.05) is 0 Å². The van der Waals surface area contributed by atoms with Crippen LogP contribution in [-0.4, -0.2) is 15.9 Å². The molecule has 0 saturated carbocycles. The van der Waals surface area contributed by atoms with Gasteiger partial charge in [-0.25, -0.2) is 4.57 Å². The van der Waals surface area contributed by atoms with Gasteiger partial charge in [-0.05, 0) is 12.8 Å². The Kier molecular flexibility index (Phi) is 11.0. The molecule has 0 rings (SSSR count). The summed E-state index contributed by atoms with van der Waals surface area (Å²) in [6.45, 7) is 4.29. The minimum atomic E-state index is -4.33. The molecule has 0 amide bonds. The lowest BCUT2D eigenvalue weighted by molar-refractivity contribution is 0.115. The number of phosphoric ester groups is 1. The molecule has 0 aliphatic carbocycles. The van der Waals surface area contributed by atoms with Crippen LogP contribution in [0.5, 0.6) is 0 Å². The van der Waals surface area contributed by atoms with Crippen molar-refractivity contribution >= 4 is 7.82 Å². The Hall–Kier alpha value is 0.110. The predicted molar refractivity (Wildman–Crippen MR) is 74.4 cm³/mol. The molecule has 0 unspecified atom stereocenters. The second-order valence-electron chi connectivity index (χ2n) is 4.92. The van der Waals surface area contributed by atoms with Gasteiger partial charge in [-0.3, -0.25) is 4.52 Å². The summed E-state index contributed by atoms with van der Waals surface area (Å²) in [7, 11) is -4.33. The maximum absolute atomic E-state index is 10.9. The van der Waals surface area contributed by atoms with Gasteiger partial charge in [0.05, 0.1) is 6.10 Å². The molecule has 4 nitrogen and oxygen atoms in total. The van der Waals surface area contributed by atoms with Crippen LogP contribution >= 0.6 is 7.82 Å². The Labute approximate surface area is 111 Å². The third-order valence-corrected chi connectivity index (χ3v) is 3.62. The second kappa shape index (κ2) is 11.0. The third-order valence-electron chi connectivity index (χ3n) is 3.05. The van der Waals surface area contributed by atoms with E-state index in [1.165, 1.54) is 25.7 Å². The van der Waals surface area contributed by atoms with Crippen LogP contribution in [0.4, 0.5) is 0 Å². The van der Waals surface area contributed by atoms with Crippen molar-refractivity contribution in [1.82, 2.24) is 0 Å². The van der Waals surface area contributed by atoms with Crippen molar-refractivity contribution in [3.8, 4) is 0 Å². The molecule has 0 heterocycles. The maximum atomic E-state index is 10.9. The Morgan fingerprint density at radius 2 is 1.33 bits per heavy atom. The first-order valence-electron chi connectivity index (χ1n) is 7.23. The Bertz CT molecular complexity index is 215. The molecule has 0 spiro atoms. The summed E-state index contributed by atoms with van der Waals surface area (Å²) < 4.78 is 15.8. The zero-order valence-corrected chi connectivity index (χ0v) is 12.7. The number of hydrogen-bond donors (Lipinski definition) is 2. The molecule has 5 heteroatoms. The average molecular weight is 280 g/mol. The van der Waals surface area contributed by atoms with E-state index in [0.717, 1.165) is 38.5 Å². The summed E-state index contributed by atoms with van der Waals surface area (Å²) in [5.41, 5.74) is 0. The Balaban J connectivity index is 3.88. The minimum Gasteiger partial charge on any atom is -0.303 e. The Morgan fingerprint density at radius 1 is 0.889 bits per heavy atom. The van der Waals surface area contributed by atoms with Crippen molar-refractivity contribution in [3.63, 3.8) is 0 Å². The standard InChI is InChI=1S/C13H29O4P/c1-3-5-7-9-11-13(17-18(14,15)16)12-10-8-6-4-2/h13H,3-12H2,1-2H3,(H2,14,15,16). The van der Waals surface area contributed by atoms with Crippen molar-refractivity contribution in [1.29, 1.82) is 0 Å². The lowest BCUT2D eigenvalue weighted by atomic mass is 10.0. The minimum absolute atomic E-state index is 0.278. The van der Waals surface area contributed by atoms with E-state index in [2.05, 4.69) is 13.8 Å². The normalized spacial score (nSPS) is 12.3. The van der Waals surface area contributed by atoms with Crippen LogP contribution in [0, 0.1) is 0 Å². The fraction of sp³-hybridized carbons (Fsp3) is 1.00. The molecule has 0 aromatic heterocycles. The summed E-state index contributed by atoms with van der Waals surface area (Å²) in [4.78, 5) is 17.8. The van der Waals surface area contributed by atoms with Crippen molar-refractivity contribution < 1.29 is 18.9 Å². The number of phosphoric acid groups is 1. The van der Waals surface area contributed by atoms with Crippen molar-refractivity contribution in [2.45, 2.75) is 84.2 Å². The van der Waals surface area contributed by atoms with E-state index >= 15 is 0 Å². The summed E-state index contributed by atoms with van der Waals surface area (Å²) in [5, 5.41) is 0. The third kappa shape index (κ3) is 12.6. The first-order valence-corrected chi connectivity index (χ1v) is 8.76. The molecule has 0 aliphatic rings. The van der Waals surface area contributed by atoms with Crippen LogP contribution in [0.15, 0.2) is 0 Å². The fourth-order valence-corrected chi connectivity index (χ4v) is 2.64. The van der Waals surface area contributed by atoms with Gasteiger partial charge in [0, 0.05) is 0 Å². The zero-order valence-electron chi connectivity index (χ0n) is 11.8. The van der Waals surface area contributed by atoms with Gasteiger partial charge in [-0.1, -0.05) is 65.2 Å². The molecule has 110 valence electrons. The lowest BCUT2D eigenvalue weighted by Gasteiger charge is -2.18. The molecule has 0 atom stereocenters. The summed E-state index contributed by atoms with van der Waals surface area (Å²) in [6.07, 6.45) is 10.2. The fourth-order valence-electron chi connectivity index (χ4n) is 2.04. The number of hydrogen-bond acceptors (Lipinski definition) is 2. The van der Waals surface area contributed by atoms with Crippen molar-refractivity contribution in [2.75, 3.05) is 0 Å². The Morgan fingerprint density at radius 3 is 1.67 bits per heavy atom. The summed E-state index contributed by atoms with van der Waals surface area (Å²) in [6, 6.07) is 0. The van der Waals surface area contributed by atoms with E-state index in [1.54, 1.807) is 0 Å². The molecule has 0 fully saturated rings. The predicted octanol–water partition coefficient (Wildman–Crippen LogP) is 4.41. The molecule has 2 N–H and O–H groups in total. The molecule has 0 aliphatic heterocycles. The van der Waals surface area contributed by atoms with Gasteiger partial charge >= 0.3 is 7.82 Å². The van der Waals surface area contributed by atoms with Crippen LogP contribution in [0.1, 0.15) is 78.1 Å². The molecule has 18 heavy (non-hydrogen) atoms. The maximum Gasteiger partial charge on any atom is 0.469 e. The molecule has 0 aromatic rings. The second-order valence-corrected chi connectivity index (χ2v) is 6.11. The zero-order chi connectivity index (χ0) is 13.9. The van der Waals surface area contributed by atoms with Gasteiger partial charge in [0.15, 0.2) is 0 Å². The highest BCUT2D eigenvalue weighted by Gasteiger charge is 2.21. The summed E-state index contributed by atoms with van der Waals surface area (Å²) in [5.74, 6) is 0. The SMILES string of the molecule is CCCCCCC(CCCCCC)OP(=O)(O)O. The summed E-state index contributed by atoms with van der Waals surface area (Å²) >= 11 is 0. The first kappa shape index (κ1) is 18.1. The monoisotopic (exact) mass is 280 g/mol. The van der Waals surface area contributed by atoms with Crippen LogP contribution in [0.3, 0.4) is 0 Å². The molecule has 0 saturated heterocycles. The largest absolute Gasteiger partial charge is 0.469 e. The number of unbranched alkanes of at least 4 members (excludes halogenated alkanes) is 6. The van der Waals surface area contributed by atoms with Gasteiger partial charge < -0.3 is 9.79 Å².